The van der Waals surface area contributed by atoms with E-state index in [1.165, 1.54) is 16.0 Å². The summed E-state index contributed by atoms with van der Waals surface area (Å²) < 4.78 is 5.66. The number of aromatic nitrogens is 1. The van der Waals surface area contributed by atoms with Crippen molar-refractivity contribution >= 4 is 42.1 Å². The van der Waals surface area contributed by atoms with Gasteiger partial charge < -0.3 is 15.4 Å². The Hall–Kier alpha value is -1.22. The molecule has 1 amide bonds. The Labute approximate surface area is 194 Å². The zero-order chi connectivity index (χ0) is 19.3. The van der Waals surface area contributed by atoms with Crippen LogP contribution in [0.5, 0.6) is 0 Å². The molecule has 0 bridgehead atoms. The van der Waals surface area contributed by atoms with E-state index in [2.05, 4.69) is 39.6 Å². The molecule has 2 aliphatic rings. The number of fused-ring (bicyclic) bond motifs is 1. The first kappa shape index (κ1) is 25.0. The number of aryl methyl sites for hydroxylation is 1. The van der Waals surface area contributed by atoms with Crippen LogP contribution in [0.3, 0.4) is 0 Å². The zero-order valence-corrected chi connectivity index (χ0v) is 19.6. The van der Waals surface area contributed by atoms with E-state index in [4.69, 9.17) is 4.74 Å². The Morgan fingerprint density at radius 3 is 2.97 bits per heavy atom. The van der Waals surface area contributed by atoms with Crippen LogP contribution in [0.2, 0.25) is 0 Å². The van der Waals surface area contributed by atoms with Crippen LogP contribution in [0.4, 0.5) is 0 Å². The number of morpholine rings is 1. The zero-order valence-electron chi connectivity index (χ0n) is 17.2. The lowest BCUT2D eigenvalue weighted by molar-refractivity contribution is 0.0287. The molecule has 4 rings (SSSR count). The SMILES string of the molecule is CCc1ccc(CN2CCc3c(C(=O)NCC4CNCCO4)csc3C2)nc1.Cl.Cl. The topological polar surface area (TPSA) is 66.5 Å². The van der Waals surface area contributed by atoms with E-state index in [0.29, 0.717) is 13.2 Å². The summed E-state index contributed by atoms with van der Waals surface area (Å²) in [6, 6.07) is 4.29. The highest BCUT2D eigenvalue weighted by Gasteiger charge is 2.24. The molecule has 30 heavy (non-hydrogen) atoms. The molecule has 166 valence electrons. The summed E-state index contributed by atoms with van der Waals surface area (Å²) in [5, 5.41) is 8.35. The molecule has 0 radical (unpaired) electrons. The first-order chi connectivity index (χ1) is 13.7. The van der Waals surface area contributed by atoms with Gasteiger partial charge in [-0.3, -0.25) is 14.7 Å². The molecule has 0 aliphatic carbocycles. The number of nitrogens with zero attached hydrogens (tertiary/aromatic N) is 2. The molecular weight excluding hydrogens is 443 g/mol. The van der Waals surface area contributed by atoms with E-state index in [9.17, 15) is 4.79 Å². The number of carbonyl (C=O) groups is 1. The van der Waals surface area contributed by atoms with Gasteiger partial charge in [-0.1, -0.05) is 13.0 Å². The summed E-state index contributed by atoms with van der Waals surface area (Å²) in [5.41, 5.74) is 4.44. The van der Waals surface area contributed by atoms with E-state index >= 15 is 0 Å². The third-order valence-corrected chi connectivity index (χ3v) is 6.46. The second-order valence-corrected chi connectivity index (χ2v) is 8.39. The average Bonchev–Trinajstić information content (AvgIpc) is 3.17. The van der Waals surface area contributed by atoms with Crippen molar-refractivity contribution in [3.8, 4) is 0 Å². The largest absolute Gasteiger partial charge is 0.374 e. The molecule has 2 aromatic rings. The number of halogens is 2. The van der Waals surface area contributed by atoms with Crippen LogP contribution in [0.1, 0.15) is 39.0 Å². The Morgan fingerprint density at radius 1 is 1.40 bits per heavy atom. The molecule has 1 fully saturated rings. The first-order valence-electron chi connectivity index (χ1n) is 10.1. The van der Waals surface area contributed by atoms with Crippen LogP contribution in [-0.4, -0.2) is 54.7 Å². The summed E-state index contributed by atoms with van der Waals surface area (Å²) in [6.07, 6.45) is 3.97. The average molecular weight is 473 g/mol. The molecule has 6 nitrogen and oxygen atoms in total. The quantitative estimate of drug-likeness (QED) is 0.676. The van der Waals surface area contributed by atoms with Gasteiger partial charge in [0.1, 0.15) is 0 Å². The fourth-order valence-electron chi connectivity index (χ4n) is 3.75. The molecule has 0 aromatic carbocycles. The molecule has 0 spiro atoms. The normalized spacial score (nSPS) is 18.6. The lowest BCUT2D eigenvalue weighted by Crippen LogP contribution is -2.45. The Bertz CT molecular complexity index is 810. The minimum Gasteiger partial charge on any atom is -0.374 e. The number of hydrogen-bond donors (Lipinski definition) is 2. The highest BCUT2D eigenvalue weighted by Crippen LogP contribution is 2.29. The van der Waals surface area contributed by atoms with Crippen molar-refractivity contribution in [3.05, 3.63) is 51.0 Å². The minimum absolute atomic E-state index is 0. The highest BCUT2D eigenvalue weighted by atomic mass is 35.5. The van der Waals surface area contributed by atoms with Crippen LogP contribution >= 0.6 is 36.2 Å². The smallest absolute Gasteiger partial charge is 0.252 e. The van der Waals surface area contributed by atoms with Gasteiger partial charge in [0.15, 0.2) is 0 Å². The number of hydrogen-bond acceptors (Lipinski definition) is 6. The van der Waals surface area contributed by atoms with Gasteiger partial charge in [0, 0.05) is 55.7 Å². The van der Waals surface area contributed by atoms with Gasteiger partial charge in [-0.2, -0.15) is 0 Å². The van der Waals surface area contributed by atoms with Crippen molar-refractivity contribution in [1.29, 1.82) is 0 Å². The summed E-state index contributed by atoms with van der Waals surface area (Å²) in [4.78, 5) is 20.9. The van der Waals surface area contributed by atoms with Crippen molar-refractivity contribution in [2.24, 2.45) is 0 Å². The Morgan fingerprint density at radius 2 is 2.27 bits per heavy atom. The number of amides is 1. The summed E-state index contributed by atoms with van der Waals surface area (Å²) in [5.74, 6) is 0.0249. The molecule has 1 atom stereocenters. The molecule has 2 aromatic heterocycles. The summed E-state index contributed by atoms with van der Waals surface area (Å²) in [7, 11) is 0. The van der Waals surface area contributed by atoms with Gasteiger partial charge in [0.05, 0.1) is 24.0 Å². The van der Waals surface area contributed by atoms with Crippen LogP contribution in [0.25, 0.3) is 0 Å². The standard InChI is InChI=1S/C21H28N4O2S.2ClH/c1-2-15-3-4-16(23-9-15)12-25-7-5-18-19(14-28-20(18)13-25)21(26)24-11-17-10-22-6-8-27-17;;/h3-4,9,14,17,22H,2,5-8,10-13H2,1H3,(H,24,26);2*1H. The van der Waals surface area contributed by atoms with Gasteiger partial charge in [-0.15, -0.1) is 36.2 Å². The summed E-state index contributed by atoms with van der Waals surface area (Å²) >= 11 is 1.70. The first-order valence-corrected chi connectivity index (χ1v) is 11.0. The van der Waals surface area contributed by atoms with Crippen molar-refractivity contribution in [1.82, 2.24) is 20.5 Å². The fourth-order valence-corrected chi connectivity index (χ4v) is 4.87. The lowest BCUT2D eigenvalue weighted by Gasteiger charge is -2.27. The van der Waals surface area contributed by atoms with Crippen molar-refractivity contribution < 1.29 is 9.53 Å². The van der Waals surface area contributed by atoms with E-state index < -0.39 is 0 Å². The van der Waals surface area contributed by atoms with Gasteiger partial charge >= 0.3 is 0 Å². The minimum atomic E-state index is 0. The fraction of sp³-hybridized carbons (Fsp3) is 0.524. The predicted octanol–water partition coefficient (Wildman–Crippen LogP) is 2.83. The molecule has 1 saturated heterocycles. The number of ether oxygens (including phenoxy) is 1. The molecule has 1 unspecified atom stereocenters. The van der Waals surface area contributed by atoms with E-state index in [1.54, 1.807) is 11.3 Å². The monoisotopic (exact) mass is 472 g/mol. The third-order valence-electron chi connectivity index (χ3n) is 5.45. The number of rotatable bonds is 6. The van der Waals surface area contributed by atoms with Gasteiger partial charge in [-0.25, -0.2) is 0 Å². The maximum absolute atomic E-state index is 12.6. The molecule has 4 heterocycles. The van der Waals surface area contributed by atoms with Gasteiger partial charge in [0.2, 0.25) is 0 Å². The van der Waals surface area contributed by atoms with Gasteiger partial charge in [0.25, 0.3) is 5.91 Å². The third kappa shape index (κ3) is 6.15. The van der Waals surface area contributed by atoms with E-state index in [1.807, 2.05) is 11.6 Å². The molecule has 0 saturated carbocycles. The van der Waals surface area contributed by atoms with Crippen LogP contribution in [0.15, 0.2) is 23.7 Å². The number of pyridine rings is 1. The Kier molecular flexibility index (Phi) is 10.0. The van der Waals surface area contributed by atoms with Crippen LogP contribution in [0, 0.1) is 0 Å². The maximum Gasteiger partial charge on any atom is 0.252 e. The van der Waals surface area contributed by atoms with E-state index in [-0.39, 0.29) is 36.8 Å². The van der Waals surface area contributed by atoms with Crippen LogP contribution in [-0.2, 0) is 30.7 Å². The molecule has 2 aliphatic heterocycles. The summed E-state index contributed by atoms with van der Waals surface area (Å²) in [6.45, 7) is 7.79. The maximum atomic E-state index is 12.6. The number of carbonyl (C=O) groups excluding carboxylic acids is 1. The second kappa shape index (κ2) is 12.0. The molecule has 9 heteroatoms. The van der Waals surface area contributed by atoms with E-state index in [0.717, 1.165) is 56.8 Å². The number of nitrogens with one attached hydrogen (secondary N) is 2. The van der Waals surface area contributed by atoms with Crippen LogP contribution < -0.4 is 10.6 Å². The molecule has 2 N–H and O–H groups in total. The van der Waals surface area contributed by atoms with Crippen molar-refractivity contribution in [2.45, 2.75) is 39.0 Å². The predicted molar refractivity (Wildman–Crippen MR) is 125 cm³/mol. The van der Waals surface area contributed by atoms with Crippen molar-refractivity contribution in [2.75, 3.05) is 32.8 Å². The number of thiophene rings is 1. The molecular formula is C21H30Cl2N4O2S. The Balaban J connectivity index is 0.00000160. The van der Waals surface area contributed by atoms with Gasteiger partial charge in [-0.05, 0) is 30.0 Å². The lowest BCUT2D eigenvalue weighted by atomic mass is 10.0. The van der Waals surface area contributed by atoms with Crippen molar-refractivity contribution in [3.63, 3.8) is 0 Å². The second-order valence-electron chi connectivity index (χ2n) is 7.43. The highest BCUT2D eigenvalue weighted by molar-refractivity contribution is 7.10.